The van der Waals surface area contributed by atoms with Crippen molar-refractivity contribution >= 4 is 17.5 Å². The quantitative estimate of drug-likeness (QED) is 0.446. The molecule has 0 N–H and O–H groups in total. The second kappa shape index (κ2) is 6.46. The third-order valence-corrected chi connectivity index (χ3v) is 4.80. The lowest BCUT2D eigenvalue weighted by molar-refractivity contribution is -0.226. The maximum absolute atomic E-state index is 12.8. The summed E-state index contributed by atoms with van der Waals surface area (Å²) >= 11 is 0. The molecule has 0 amide bonds. The Morgan fingerprint density at radius 3 is 2.68 bits per heavy atom. The average Bonchev–Trinajstić information content (AvgIpc) is 2.94. The van der Waals surface area contributed by atoms with Gasteiger partial charge < -0.3 is 14.2 Å². The Labute approximate surface area is 130 Å². The van der Waals surface area contributed by atoms with Gasteiger partial charge in [-0.15, -0.1) is 0 Å². The van der Waals surface area contributed by atoms with Gasteiger partial charge in [0.2, 0.25) is 6.29 Å². The number of fused-ring (bicyclic) bond motifs is 2. The summed E-state index contributed by atoms with van der Waals surface area (Å²) in [6, 6.07) is 0. The van der Waals surface area contributed by atoms with E-state index in [2.05, 4.69) is 0 Å². The summed E-state index contributed by atoms with van der Waals surface area (Å²) in [6.07, 6.45) is -0.415. The van der Waals surface area contributed by atoms with Crippen molar-refractivity contribution in [2.75, 3.05) is 6.61 Å². The molecule has 0 aromatic heterocycles. The first-order chi connectivity index (χ1) is 10.3. The maximum Gasteiger partial charge on any atom is 0.304 e. The van der Waals surface area contributed by atoms with E-state index in [0.29, 0.717) is 13.0 Å². The van der Waals surface area contributed by atoms with Crippen molar-refractivity contribution in [3.05, 3.63) is 0 Å². The van der Waals surface area contributed by atoms with Crippen molar-refractivity contribution in [1.29, 1.82) is 0 Å². The number of hydrogen-bond acceptors (Lipinski definition) is 6. The van der Waals surface area contributed by atoms with Crippen LogP contribution >= 0.6 is 0 Å². The first-order valence-electron chi connectivity index (χ1n) is 7.81. The van der Waals surface area contributed by atoms with E-state index in [4.69, 9.17) is 14.2 Å². The zero-order valence-corrected chi connectivity index (χ0v) is 13.6. The van der Waals surface area contributed by atoms with Crippen molar-refractivity contribution in [2.45, 2.75) is 65.5 Å². The van der Waals surface area contributed by atoms with Crippen LogP contribution in [0.3, 0.4) is 0 Å². The first kappa shape index (κ1) is 17.1. The number of carbonyl (C=O) groups excluding carboxylic acids is 3. The van der Waals surface area contributed by atoms with Crippen LogP contribution in [0.5, 0.6) is 0 Å². The van der Waals surface area contributed by atoms with Gasteiger partial charge in [-0.3, -0.25) is 14.4 Å². The Kier molecular flexibility index (Phi) is 5.02. The summed E-state index contributed by atoms with van der Waals surface area (Å²) in [5, 5.41) is 0. The predicted molar refractivity (Wildman–Crippen MR) is 77.0 cm³/mol. The van der Waals surface area contributed by atoms with Gasteiger partial charge in [-0.05, 0) is 26.7 Å². The van der Waals surface area contributed by atoms with E-state index < -0.39 is 23.8 Å². The van der Waals surface area contributed by atoms with Crippen molar-refractivity contribution in [3.63, 3.8) is 0 Å². The number of Topliss-reactive ketones (excluding diaryl/α,β-unsaturated/α-hetero) is 2. The number of carbonyl (C=O) groups is 3. The third-order valence-electron chi connectivity index (χ3n) is 4.80. The molecular formula is C16H24O6. The van der Waals surface area contributed by atoms with Gasteiger partial charge >= 0.3 is 5.97 Å². The second-order valence-corrected chi connectivity index (χ2v) is 6.27. The molecule has 6 nitrogen and oxygen atoms in total. The zero-order chi connectivity index (χ0) is 16.5. The summed E-state index contributed by atoms with van der Waals surface area (Å²) in [5.41, 5.74) is -1.16. The molecule has 2 heterocycles. The van der Waals surface area contributed by atoms with Gasteiger partial charge in [0.05, 0.1) is 18.6 Å². The van der Waals surface area contributed by atoms with E-state index in [9.17, 15) is 14.4 Å². The zero-order valence-electron chi connectivity index (χ0n) is 13.6. The Hall–Kier alpha value is -1.27. The fourth-order valence-electron chi connectivity index (χ4n) is 3.28. The fourth-order valence-corrected chi connectivity index (χ4v) is 3.28. The molecule has 22 heavy (non-hydrogen) atoms. The molecule has 0 spiro atoms. The number of hydrogen-bond donors (Lipinski definition) is 0. The van der Waals surface area contributed by atoms with Gasteiger partial charge in [-0.1, -0.05) is 6.92 Å². The van der Waals surface area contributed by atoms with Crippen molar-refractivity contribution in [3.8, 4) is 0 Å². The van der Waals surface area contributed by atoms with Crippen LogP contribution in [0.2, 0.25) is 0 Å². The highest BCUT2D eigenvalue weighted by molar-refractivity contribution is 6.03. The lowest BCUT2D eigenvalue weighted by Crippen LogP contribution is -2.54. The Morgan fingerprint density at radius 1 is 1.41 bits per heavy atom. The van der Waals surface area contributed by atoms with Gasteiger partial charge in [0.25, 0.3) is 0 Å². The van der Waals surface area contributed by atoms with Gasteiger partial charge in [0, 0.05) is 19.4 Å². The summed E-state index contributed by atoms with van der Waals surface area (Å²) in [7, 11) is 0. The molecule has 2 bridgehead atoms. The van der Waals surface area contributed by atoms with Crippen LogP contribution in [-0.2, 0) is 28.6 Å². The molecule has 0 aliphatic carbocycles. The Balaban J connectivity index is 2.37. The van der Waals surface area contributed by atoms with E-state index in [1.807, 2.05) is 0 Å². The Bertz CT molecular complexity index is 473. The van der Waals surface area contributed by atoms with Crippen LogP contribution in [0.15, 0.2) is 0 Å². The summed E-state index contributed by atoms with van der Waals surface area (Å²) in [4.78, 5) is 36.3. The smallest absolute Gasteiger partial charge is 0.304 e. The molecule has 124 valence electrons. The highest BCUT2D eigenvalue weighted by Crippen LogP contribution is 2.44. The van der Waals surface area contributed by atoms with Crippen LogP contribution in [0.1, 0.15) is 47.0 Å². The third kappa shape index (κ3) is 2.94. The largest absolute Gasteiger partial charge is 0.435 e. The number of rotatable bonds is 4. The van der Waals surface area contributed by atoms with Crippen molar-refractivity contribution < 1.29 is 28.6 Å². The van der Waals surface area contributed by atoms with Gasteiger partial charge in [0.15, 0.2) is 5.78 Å². The van der Waals surface area contributed by atoms with Gasteiger partial charge in [-0.2, -0.15) is 0 Å². The second-order valence-electron chi connectivity index (χ2n) is 6.27. The lowest BCUT2D eigenvalue weighted by atomic mass is 9.75. The van der Waals surface area contributed by atoms with E-state index in [1.165, 1.54) is 6.92 Å². The molecule has 0 saturated carbocycles. The van der Waals surface area contributed by atoms with Gasteiger partial charge in [-0.25, -0.2) is 0 Å². The van der Waals surface area contributed by atoms with E-state index >= 15 is 0 Å². The minimum Gasteiger partial charge on any atom is -0.435 e. The molecule has 2 fully saturated rings. The summed E-state index contributed by atoms with van der Waals surface area (Å²) < 4.78 is 16.7. The first-order valence-corrected chi connectivity index (χ1v) is 7.81. The molecule has 2 aliphatic heterocycles. The standard InChI is InChI=1S/C16H24O6/c1-5-20-15(21-10(3)17)16(4)13(19)8-11(18)9(2)12-6-7-14(16)22-12/h9,12,14-15H,5-8H2,1-4H3/t9-,12-,14+,15-,16-/m0/s1. The van der Waals surface area contributed by atoms with Crippen molar-refractivity contribution in [1.82, 2.24) is 0 Å². The number of esters is 1. The SMILES string of the molecule is CCO[C@@H](OC(C)=O)[C@@]1(C)C(=O)CC(=O)[C@H](C)[C@@H]2CC[C@H]1O2. The maximum atomic E-state index is 12.8. The highest BCUT2D eigenvalue weighted by atomic mass is 16.7. The molecule has 0 aromatic rings. The molecule has 0 radical (unpaired) electrons. The topological polar surface area (TPSA) is 78.9 Å². The molecule has 0 unspecified atom stereocenters. The predicted octanol–water partition coefficient (Wildman–Crippen LogP) is 1.64. The minimum atomic E-state index is -1.16. The van der Waals surface area contributed by atoms with Crippen LogP contribution in [0.4, 0.5) is 0 Å². The van der Waals surface area contributed by atoms with Crippen LogP contribution in [0, 0.1) is 11.3 Å². The normalized spacial score (nSPS) is 36.6. The number of ether oxygens (including phenoxy) is 3. The molecule has 0 aromatic carbocycles. The molecule has 2 rings (SSSR count). The minimum absolute atomic E-state index is 0.125. The monoisotopic (exact) mass is 312 g/mol. The van der Waals surface area contributed by atoms with Crippen LogP contribution < -0.4 is 0 Å². The van der Waals surface area contributed by atoms with Crippen LogP contribution in [0.25, 0.3) is 0 Å². The molecule has 6 heteroatoms. The fraction of sp³-hybridized carbons (Fsp3) is 0.812. The van der Waals surface area contributed by atoms with Gasteiger partial charge in [0.1, 0.15) is 11.2 Å². The molecular weight excluding hydrogens is 288 g/mol. The van der Waals surface area contributed by atoms with Crippen molar-refractivity contribution in [2.24, 2.45) is 11.3 Å². The lowest BCUT2D eigenvalue weighted by Gasteiger charge is -2.40. The van der Waals surface area contributed by atoms with E-state index in [-0.39, 0.29) is 30.0 Å². The van der Waals surface area contributed by atoms with E-state index in [1.54, 1.807) is 20.8 Å². The highest BCUT2D eigenvalue weighted by Gasteiger charge is 2.56. The summed E-state index contributed by atoms with van der Waals surface area (Å²) in [5.74, 6) is -1.21. The molecule has 2 aliphatic rings. The van der Waals surface area contributed by atoms with E-state index in [0.717, 1.165) is 6.42 Å². The number of ketones is 2. The van der Waals surface area contributed by atoms with Crippen LogP contribution in [-0.4, -0.2) is 42.6 Å². The molecule has 2 saturated heterocycles. The summed E-state index contributed by atoms with van der Waals surface area (Å²) in [6.45, 7) is 6.81. The molecule has 5 atom stereocenters. The average molecular weight is 312 g/mol. The Morgan fingerprint density at radius 2 is 2.09 bits per heavy atom.